The molecule has 2 rings (SSSR count). The monoisotopic (exact) mass is 178 g/mol. The highest BCUT2D eigenvalue weighted by atomic mass is 19.1. The molecule has 0 radical (unpaired) electrons. The average Bonchev–Trinajstić information content (AvgIpc) is 2.75. The van der Waals surface area contributed by atoms with Gasteiger partial charge in [-0.2, -0.15) is 5.10 Å². The van der Waals surface area contributed by atoms with E-state index in [1.54, 1.807) is 6.20 Å². The highest BCUT2D eigenvalue weighted by molar-refractivity contribution is 5.57. The van der Waals surface area contributed by atoms with Gasteiger partial charge in [-0.15, -0.1) is 0 Å². The molecular formula is C10H11FN2. The molecule has 0 aliphatic carbocycles. The standard InChI is InChI=1S/C9H8N2.CH3F/c1-2-4-8(5-3-1)9-6-7-10-11-9;1-2/h1-7H,(H,10,11);1H3. The normalized spacial score (nSPS) is 8.77. The first kappa shape index (κ1) is 9.45. The Kier molecular flexibility index (Phi) is 3.70. The molecule has 13 heavy (non-hydrogen) atoms. The molecule has 0 saturated heterocycles. The summed E-state index contributed by atoms with van der Waals surface area (Å²) in [5.74, 6) is 0. The van der Waals surface area contributed by atoms with Crippen LogP contribution in [0.25, 0.3) is 11.3 Å². The van der Waals surface area contributed by atoms with Gasteiger partial charge in [0.1, 0.15) is 0 Å². The zero-order valence-corrected chi connectivity index (χ0v) is 7.37. The van der Waals surface area contributed by atoms with E-state index in [2.05, 4.69) is 10.2 Å². The fraction of sp³-hybridized carbons (Fsp3) is 0.100. The summed E-state index contributed by atoms with van der Waals surface area (Å²) in [5.41, 5.74) is 2.23. The molecule has 0 spiro atoms. The lowest BCUT2D eigenvalue weighted by atomic mass is 10.2. The Morgan fingerprint density at radius 3 is 2.31 bits per heavy atom. The summed E-state index contributed by atoms with van der Waals surface area (Å²) in [6, 6.07) is 12.1. The van der Waals surface area contributed by atoms with Crippen LogP contribution in [0.15, 0.2) is 42.6 Å². The van der Waals surface area contributed by atoms with Crippen molar-refractivity contribution in [2.24, 2.45) is 0 Å². The molecule has 3 heteroatoms. The number of alkyl halides is 1. The summed E-state index contributed by atoms with van der Waals surface area (Å²) >= 11 is 0. The van der Waals surface area contributed by atoms with Crippen LogP contribution in [0.5, 0.6) is 0 Å². The maximum Gasteiger partial charge on any atom is 0.0785 e. The lowest BCUT2D eigenvalue weighted by molar-refractivity contribution is 0.636. The summed E-state index contributed by atoms with van der Waals surface area (Å²) in [6.07, 6.45) is 1.75. The molecule has 68 valence electrons. The van der Waals surface area contributed by atoms with Crippen LogP contribution in [0.3, 0.4) is 0 Å². The van der Waals surface area contributed by atoms with Gasteiger partial charge in [-0.3, -0.25) is 9.49 Å². The smallest absolute Gasteiger partial charge is 0.0785 e. The van der Waals surface area contributed by atoms with E-state index in [1.807, 2.05) is 36.4 Å². The number of benzene rings is 1. The number of aromatic amines is 1. The summed E-state index contributed by atoms with van der Waals surface area (Å²) < 4.78 is 9.50. The van der Waals surface area contributed by atoms with E-state index in [0.717, 1.165) is 5.69 Å². The molecule has 0 amide bonds. The molecule has 0 saturated carbocycles. The number of hydrogen-bond acceptors (Lipinski definition) is 1. The van der Waals surface area contributed by atoms with Crippen molar-refractivity contribution in [3.8, 4) is 11.3 Å². The Balaban J connectivity index is 0.000000396. The minimum atomic E-state index is 0.500. The number of nitrogens with zero attached hydrogens (tertiary/aromatic N) is 1. The van der Waals surface area contributed by atoms with Crippen LogP contribution in [0.1, 0.15) is 0 Å². The highest BCUT2D eigenvalue weighted by Gasteiger charge is 1.94. The lowest BCUT2D eigenvalue weighted by Gasteiger charge is -1.93. The fourth-order valence-corrected chi connectivity index (χ4v) is 1.03. The quantitative estimate of drug-likeness (QED) is 0.714. The molecule has 1 heterocycles. The summed E-state index contributed by atoms with van der Waals surface area (Å²) in [7, 11) is 0.500. The first-order valence-electron chi connectivity index (χ1n) is 3.89. The Labute approximate surface area is 76.4 Å². The van der Waals surface area contributed by atoms with E-state index >= 15 is 0 Å². The molecular weight excluding hydrogens is 167 g/mol. The molecule has 0 unspecified atom stereocenters. The third-order valence-electron chi connectivity index (χ3n) is 1.59. The molecule has 0 aliphatic rings. The van der Waals surface area contributed by atoms with Gasteiger partial charge < -0.3 is 0 Å². The van der Waals surface area contributed by atoms with Gasteiger partial charge >= 0.3 is 0 Å². The van der Waals surface area contributed by atoms with E-state index in [0.29, 0.717) is 7.18 Å². The van der Waals surface area contributed by atoms with Crippen LogP contribution in [-0.2, 0) is 0 Å². The van der Waals surface area contributed by atoms with Gasteiger partial charge in [0, 0.05) is 6.20 Å². The third-order valence-corrected chi connectivity index (χ3v) is 1.59. The molecule has 1 aromatic carbocycles. The van der Waals surface area contributed by atoms with Crippen LogP contribution in [-0.4, -0.2) is 17.4 Å². The maximum atomic E-state index is 9.50. The fourth-order valence-electron chi connectivity index (χ4n) is 1.03. The van der Waals surface area contributed by atoms with Gasteiger partial charge in [-0.1, -0.05) is 30.3 Å². The van der Waals surface area contributed by atoms with Gasteiger partial charge in [-0.25, -0.2) is 0 Å². The minimum absolute atomic E-state index is 0.500. The highest BCUT2D eigenvalue weighted by Crippen LogP contribution is 2.13. The third kappa shape index (κ3) is 2.40. The number of aromatic nitrogens is 2. The SMILES string of the molecule is CF.c1ccc(-c2ccn[nH]2)cc1. The van der Waals surface area contributed by atoms with Crippen LogP contribution in [0.2, 0.25) is 0 Å². The van der Waals surface area contributed by atoms with E-state index in [4.69, 9.17) is 0 Å². The Morgan fingerprint density at radius 1 is 1.08 bits per heavy atom. The van der Waals surface area contributed by atoms with E-state index in [-0.39, 0.29) is 0 Å². The Hall–Kier alpha value is -1.64. The second-order valence-corrected chi connectivity index (χ2v) is 2.34. The van der Waals surface area contributed by atoms with Crippen molar-refractivity contribution in [3.63, 3.8) is 0 Å². The second kappa shape index (κ2) is 5.09. The number of nitrogens with one attached hydrogen (secondary N) is 1. The van der Waals surface area contributed by atoms with Gasteiger partial charge in [0.15, 0.2) is 0 Å². The molecule has 1 aromatic heterocycles. The molecule has 0 atom stereocenters. The topological polar surface area (TPSA) is 28.7 Å². The van der Waals surface area contributed by atoms with E-state index in [1.165, 1.54) is 5.56 Å². The van der Waals surface area contributed by atoms with Crippen molar-refractivity contribution >= 4 is 0 Å². The van der Waals surface area contributed by atoms with Crippen molar-refractivity contribution < 1.29 is 4.39 Å². The minimum Gasteiger partial charge on any atom is -0.278 e. The predicted molar refractivity (Wildman–Crippen MR) is 51.1 cm³/mol. The maximum absolute atomic E-state index is 9.50. The van der Waals surface area contributed by atoms with Crippen molar-refractivity contribution in [2.45, 2.75) is 0 Å². The zero-order chi connectivity index (χ0) is 9.52. The van der Waals surface area contributed by atoms with Crippen LogP contribution in [0.4, 0.5) is 4.39 Å². The van der Waals surface area contributed by atoms with Gasteiger partial charge in [0.2, 0.25) is 0 Å². The first-order chi connectivity index (χ1) is 6.47. The molecule has 0 bridgehead atoms. The van der Waals surface area contributed by atoms with E-state index < -0.39 is 0 Å². The Bertz CT molecular complexity index is 316. The zero-order valence-electron chi connectivity index (χ0n) is 7.37. The molecule has 1 N–H and O–H groups in total. The number of halogens is 1. The summed E-state index contributed by atoms with van der Waals surface area (Å²) in [6.45, 7) is 0. The van der Waals surface area contributed by atoms with Crippen molar-refractivity contribution in [3.05, 3.63) is 42.6 Å². The number of rotatable bonds is 1. The summed E-state index contributed by atoms with van der Waals surface area (Å²) in [4.78, 5) is 0. The molecule has 2 aromatic rings. The van der Waals surface area contributed by atoms with Gasteiger partial charge in [0.25, 0.3) is 0 Å². The van der Waals surface area contributed by atoms with Gasteiger partial charge in [-0.05, 0) is 11.6 Å². The van der Waals surface area contributed by atoms with Crippen LogP contribution < -0.4 is 0 Å². The van der Waals surface area contributed by atoms with Gasteiger partial charge in [0.05, 0.1) is 12.9 Å². The molecule has 2 nitrogen and oxygen atoms in total. The summed E-state index contributed by atoms with van der Waals surface area (Å²) in [5, 5.41) is 6.78. The average molecular weight is 178 g/mol. The molecule has 0 fully saturated rings. The van der Waals surface area contributed by atoms with Crippen molar-refractivity contribution in [1.29, 1.82) is 0 Å². The Morgan fingerprint density at radius 2 is 1.77 bits per heavy atom. The van der Waals surface area contributed by atoms with E-state index in [9.17, 15) is 4.39 Å². The first-order valence-corrected chi connectivity index (χ1v) is 3.89. The number of hydrogen-bond donors (Lipinski definition) is 1. The lowest BCUT2D eigenvalue weighted by Crippen LogP contribution is -1.75. The van der Waals surface area contributed by atoms with Crippen LogP contribution >= 0.6 is 0 Å². The predicted octanol–water partition coefficient (Wildman–Crippen LogP) is 2.66. The number of H-pyrrole nitrogens is 1. The van der Waals surface area contributed by atoms with Crippen molar-refractivity contribution in [1.82, 2.24) is 10.2 Å². The second-order valence-electron chi connectivity index (χ2n) is 2.34. The molecule has 0 aliphatic heterocycles. The van der Waals surface area contributed by atoms with Crippen molar-refractivity contribution in [2.75, 3.05) is 7.18 Å². The largest absolute Gasteiger partial charge is 0.278 e. The van der Waals surface area contributed by atoms with Crippen LogP contribution in [0, 0.1) is 0 Å².